The molecule has 0 saturated heterocycles. The first kappa shape index (κ1) is 45.1. The zero-order valence-corrected chi connectivity index (χ0v) is 32.8. The maximum Gasteiger partial charge on any atom is 1.00 e. The topological polar surface area (TPSA) is 282 Å². The minimum absolute atomic E-state index is 0. The van der Waals surface area contributed by atoms with Crippen molar-refractivity contribution >= 4 is 52.8 Å². The molecule has 0 aliphatic carbocycles. The summed E-state index contributed by atoms with van der Waals surface area (Å²) in [6.45, 7) is 5.36. The molecule has 2 aromatic heterocycles. The van der Waals surface area contributed by atoms with Gasteiger partial charge in [0.05, 0.1) is 52.9 Å². The first-order chi connectivity index (χ1) is 23.7. The van der Waals surface area contributed by atoms with Crippen LogP contribution in [0.4, 0.5) is 22.7 Å². The van der Waals surface area contributed by atoms with Gasteiger partial charge in [-0.2, -0.15) is 10.2 Å². The van der Waals surface area contributed by atoms with Gasteiger partial charge < -0.3 is 19.3 Å². The summed E-state index contributed by atoms with van der Waals surface area (Å²) in [5.74, 6) is -3.64. The van der Waals surface area contributed by atoms with E-state index >= 15 is 0 Å². The normalized spacial score (nSPS) is 12.2. The second kappa shape index (κ2) is 17.4. The molecular formula is C31H34N6NaO12S3-. The first-order valence-electron chi connectivity index (χ1n) is 14.8. The van der Waals surface area contributed by atoms with Crippen LogP contribution in [0.25, 0.3) is 0 Å². The van der Waals surface area contributed by atoms with Gasteiger partial charge in [0.1, 0.15) is 0 Å². The molecule has 53 heavy (non-hydrogen) atoms. The van der Waals surface area contributed by atoms with Crippen molar-refractivity contribution < 1.29 is 74.1 Å². The van der Waals surface area contributed by atoms with E-state index in [1.54, 1.807) is 0 Å². The van der Waals surface area contributed by atoms with Gasteiger partial charge in [0.2, 0.25) is 9.84 Å². The number of hydrogen-bond donors (Lipinski definition) is 2. The average molecular weight is 802 g/mol. The summed E-state index contributed by atoms with van der Waals surface area (Å²) in [7, 11) is -14.0. The zero-order chi connectivity index (χ0) is 38.1. The van der Waals surface area contributed by atoms with E-state index in [0.29, 0.717) is 0 Å². The van der Waals surface area contributed by atoms with Crippen LogP contribution in [0.15, 0.2) is 88.4 Å². The van der Waals surface area contributed by atoms with E-state index in [2.05, 4.69) is 20.5 Å². The Morgan fingerprint density at radius 2 is 0.981 bits per heavy atom. The fraction of sp³-hybridized carbons (Fsp3) is 0.290. The van der Waals surface area contributed by atoms with Gasteiger partial charge in [0, 0.05) is 24.2 Å². The zero-order valence-electron chi connectivity index (χ0n) is 28.3. The molecule has 18 nitrogen and oxygen atoms in total. The summed E-state index contributed by atoms with van der Waals surface area (Å²) in [6, 6.07) is 10.2. The number of pyridine rings is 2. The van der Waals surface area contributed by atoms with Crippen LogP contribution >= 0.6 is 0 Å². The number of rotatable bonds is 12. The Bertz CT molecular complexity index is 2400. The van der Waals surface area contributed by atoms with Gasteiger partial charge >= 0.3 is 29.6 Å². The van der Waals surface area contributed by atoms with Crippen molar-refractivity contribution in [3.63, 3.8) is 0 Å². The molecule has 4 aromatic rings. The first-order valence-corrected chi connectivity index (χ1v) is 19.4. The van der Waals surface area contributed by atoms with Crippen molar-refractivity contribution in [2.75, 3.05) is 0 Å². The van der Waals surface area contributed by atoms with Crippen molar-refractivity contribution in [2.45, 2.75) is 69.5 Å². The van der Waals surface area contributed by atoms with E-state index in [0.717, 1.165) is 21.3 Å². The Kier molecular flexibility index (Phi) is 14.8. The number of nitrogens with zero attached hydrogens (tertiary/aromatic N) is 6. The molecule has 0 saturated carbocycles. The molecule has 2 N–H and O–H groups in total. The molecule has 22 heteroatoms. The maximum atomic E-state index is 13.6. The number of benzene rings is 2. The van der Waals surface area contributed by atoms with Gasteiger partial charge in [-0.15, -0.1) is 10.2 Å². The number of aromatic nitrogens is 2. The Balaban J connectivity index is 0.00000486. The van der Waals surface area contributed by atoms with Crippen molar-refractivity contribution in [2.24, 2.45) is 20.5 Å². The summed E-state index contributed by atoms with van der Waals surface area (Å²) in [5, 5.41) is 36.6. The second-order valence-corrected chi connectivity index (χ2v) is 15.7. The standard InChI is InChI=1S/C30H32N6O12S3.CH4.Na/c1-5-35-27(37)23(15-49(41,42)43)17(3)25(29(35)39)33-31-19-9-7-11-21(13-19)51(47,48)22-12-8-10-20(14-22)32-34-26-18(4)24(16-50(44,45)46)28(38)36(6-2)30(26)40;;/h7-14,37-38H,5-6,15-16H2,1-4H3,(H,41,42,43)(H,44,45,46);1H4;/q;;+1/p-2. The molecule has 0 bridgehead atoms. The molecular weight excluding hydrogens is 768 g/mol. The van der Waals surface area contributed by atoms with Crippen LogP contribution in [0.2, 0.25) is 0 Å². The van der Waals surface area contributed by atoms with Crippen LogP contribution in [0.5, 0.6) is 11.8 Å². The van der Waals surface area contributed by atoms with Crippen LogP contribution in [-0.2, 0) is 54.7 Å². The smallest absolute Gasteiger partial charge is 0.748 e. The van der Waals surface area contributed by atoms with Crippen LogP contribution in [0.1, 0.15) is 43.5 Å². The summed E-state index contributed by atoms with van der Waals surface area (Å²) >= 11 is 0. The van der Waals surface area contributed by atoms with Crippen LogP contribution < -0.4 is 40.7 Å². The molecule has 0 aliphatic heterocycles. The van der Waals surface area contributed by atoms with E-state index in [4.69, 9.17) is 0 Å². The van der Waals surface area contributed by atoms with E-state index in [1.165, 1.54) is 64.1 Å². The molecule has 4 rings (SSSR count). The molecule has 0 atom stereocenters. The van der Waals surface area contributed by atoms with Gasteiger partial charge in [-0.25, -0.2) is 25.3 Å². The van der Waals surface area contributed by atoms with Crippen molar-refractivity contribution in [1.29, 1.82) is 0 Å². The number of sulfone groups is 1. The van der Waals surface area contributed by atoms with Gasteiger partial charge in [0.25, 0.3) is 11.1 Å². The molecule has 0 unspecified atom stereocenters. The molecule has 2 heterocycles. The Hall–Kier alpha value is -4.09. The van der Waals surface area contributed by atoms with Crippen LogP contribution in [0, 0.1) is 13.8 Å². The quantitative estimate of drug-likeness (QED) is 0.117. The molecule has 0 spiro atoms. The third-order valence-corrected chi connectivity index (χ3v) is 10.7. The molecule has 2 aromatic carbocycles. The Labute approximate surface area is 327 Å². The van der Waals surface area contributed by atoms with E-state index in [-0.39, 0.29) is 105 Å². The second-order valence-electron chi connectivity index (χ2n) is 11.0. The minimum Gasteiger partial charge on any atom is -0.748 e. The molecule has 0 radical (unpaired) electrons. The SMILES string of the molecule is C.CCn1c(O)c(CS(=O)(=O)[O-])c(C)c(N=Nc2cccc(S(=O)(=O)c3cccc(N=Nc4c(C)c(CS(=O)(=O)[O-])c(O)n(CC)c4=O)c3)c2)c1=O.[Na+]. The largest absolute Gasteiger partial charge is 1.00 e. The third-order valence-electron chi connectivity index (χ3n) is 7.62. The summed E-state index contributed by atoms with van der Waals surface area (Å²) in [5.41, 5.74) is -3.38. The number of hydrogen-bond acceptors (Lipinski definition) is 16. The fourth-order valence-electron chi connectivity index (χ4n) is 5.01. The predicted molar refractivity (Wildman–Crippen MR) is 186 cm³/mol. The maximum absolute atomic E-state index is 13.6. The molecule has 0 fully saturated rings. The Morgan fingerprint density at radius 3 is 1.28 bits per heavy atom. The van der Waals surface area contributed by atoms with Crippen molar-refractivity contribution in [3.8, 4) is 11.8 Å². The molecule has 0 amide bonds. The monoisotopic (exact) mass is 801 g/mol. The van der Waals surface area contributed by atoms with E-state index in [9.17, 15) is 54.2 Å². The fourth-order valence-corrected chi connectivity index (χ4v) is 7.75. The van der Waals surface area contributed by atoms with Gasteiger partial charge in [-0.05, 0) is 75.2 Å². The summed E-state index contributed by atoms with van der Waals surface area (Å²) in [6.07, 6.45) is 0. The van der Waals surface area contributed by atoms with Crippen molar-refractivity contribution in [3.05, 3.63) is 91.5 Å². The number of aromatic hydroxyl groups is 2. The van der Waals surface area contributed by atoms with Gasteiger partial charge in [-0.1, -0.05) is 19.6 Å². The average Bonchev–Trinajstić information content (AvgIpc) is 3.05. The van der Waals surface area contributed by atoms with Gasteiger partial charge in [-0.3, -0.25) is 18.7 Å². The summed E-state index contributed by atoms with van der Waals surface area (Å²) in [4.78, 5) is 25.4. The van der Waals surface area contributed by atoms with E-state index in [1.807, 2.05) is 0 Å². The van der Waals surface area contributed by atoms with Crippen molar-refractivity contribution in [1.82, 2.24) is 9.13 Å². The van der Waals surface area contributed by atoms with E-state index < -0.39 is 64.5 Å². The van der Waals surface area contributed by atoms with Gasteiger partial charge in [0.15, 0.2) is 23.1 Å². The Morgan fingerprint density at radius 1 is 0.642 bits per heavy atom. The van der Waals surface area contributed by atoms with Crippen LogP contribution in [-0.4, -0.2) is 53.7 Å². The predicted octanol–water partition coefficient (Wildman–Crippen LogP) is 1.47. The third kappa shape index (κ3) is 10.1. The molecule has 280 valence electrons. The summed E-state index contributed by atoms with van der Waals surface area (Å²) < 4.78 is 97.5. The molecule has 0 aliphatic rings. The van der Waals surface area contributed by atoms with Crippen LogP contribution in [0.3, 0.4) is 0 Å². The minimum atomic E-state index is -4.86. The number of azo groups is 2.